The Morgan fingerprint density at radius 1 is 0.406 bits per heavy atom. The highest BCUT2D eigenvalue weighted by atomic mass is 79.9. The molecule has 0 unspecified atom stereocenters. The van der Waals surface area contributed by atoms with Crippen molar-refractivity contribution in [2.45, 2.75) is 121 Å². The summed E-state index contributed by atoms with van der Waals surface area (Å²) in [6.45, 7) is 38.0. The van der Waals surface area contributed by atoms with E-state index >= 15 is 0 Å². The van der Waals surface area contributed by atoms with Gasteiger partial charge in [0, 0.05) is 10.2 Å². The second-order valence-electron chi connectivity index (χ2n) is 14.1. The zero-order chi connectivity index (χ0) is 27.0. The maximum Gasteiger partial charge on any atom is 0.195 e. The molecule has 0 saturated carbocycles. The summed E-state index contributed by atoms with van der Waals surface area (Å²) in [7, 11) is -1.11. The molecule has 0 N–H and O–H groups in total. The third kappa shape index (κ3) is 5.26. The molecular weight excluding hydrogens is 904 g/mol. The molecule has 3 radical (unpaired) electrons. The van der Waals surface area contributed by atoms with Crippen LogP contribution in [0.1, 0.15) is 62.3 Å². The SMILES string of the molecule is CC(C)(C)[Si](Br)(Br)[Si](C)(C)C([Si])([Si](C)(C)[Si](Br)(Br)C(C)(C)C)[Si](C)(C)[Si](Br)(Br)C(C)(C)C. The third-order valence-corrected chi connectivity index (χ3v) is 147. The van der Waals surface area contributed by atoms with Crippen LogP contribution in [0.4, 0.5) is 0 Å². The smallest absolute Gasteiger partial charge is 0.114 e. The van der Waals surface area contributed by atoms with Crippen LogP contribution in [-0.4, -0.2) is 47.5 Å². The van der Waals surface area contributed by atoms with Gasteiger partial charge >= 0.3 is 0 Å². The molecule has 0 saturated heterocycles. The molecule has 13 heteroatoms. The molecule has 0 aliphatic carbocycles. The molecule has 0 aromatic rings. The van der Waals surface area contributed by atoms with Crippen molar-refractivity contribution in [2.24, 2.45) is 0 Å². The van der Waals surface area contributed by atoms with Crippen LogP contribution in [0.3, 0.4) is 0 Å². The summed E-state index contributed by atoms with van der Waals surface area (Å²) in [5.74, 6) is 0. The molecule has 0 aliphatic rings. The second kappa shape index (κ2) is 10.1. The summed E-state index contributed by atoms with van der Waals surface area (Å²) < 4.78 is 0.137. The molecule has 0 bridgehead atoms. The van der Waals surface area contributed by atoms with Crippen LogP contribution in [0.2, 0.25) is 58.3 Å². The molecule has 0 aromatic carbocycles. The van der Waals surface area contributed by atoms with Crippen molar-refractivity contribution in [3.05, 3.63) is 0 Å². The molecule has 0 fully saturated rings. The Bertz CT molecular complexity index is 605. The average molecular weight is 950 g/mol. The van der Waals surface area contributed by atoms with Crippen LogP contribution < -0.4 is 0 Å². The standard InChI is InChI=1S/C19H45Br6Si7/c1-16(2,3)30(20,21)27(10,11)19(26,28(12,13)31(22,23)17(4,5)6)29(14,15)32(24,25)18(7,8)9/h1-15H3. The summed E-state index contributed by atoms with van der Waals surface area (Å²) in [6, 6.07) is 0. The van der Waals surface area contributed by atoms with E-state index in [0.717, 1.165) is 0 Å². The van der Waals surface area contributed by atoms with Crippen molar-refractivity contribution in [1.29, 1.82) is 0 Å². The Labute approximate surface area is 256 Å². The molecule has 0 atom stereocenters. The lowest BCUT2D eigenvalue weighted by Crippen LogP contribution is -2.85. The predicted molar refractivity (Wildman–Crippen MR) is 191 cm³/mol. The number of rotatable bonds is 6. The Balaban J connectivity index is 7.89. The summed E-state index contributed by atoms with van der Waals surface area (Å²) in [5, 5.41) is 0.597. The van der Waals surface area contributed by atoms with Gasteiger partial charge < -0.3 is 0 Å². The molecule has 32 heavy (non-hydrogen) atoms. The molecule has 0 spiro atoms. The fraction of sp³-hybridized carbons (Fsp3) is 1.00. The molecule has 0 nitrogen and oxygen atoms in total. The number of halogens is 6. The van der Waals surface area contributed by atoms with Crippen LogP contribution >= 0.6 is 91.8 Å². The molecule has 0 heterocycles. The van der Waals surface area contributed by atoms with E-state index in [4.69, 9.17) is 10.2 Å². The van der Waals surface area contributed by atoms with Crippen molar-refractivity contribution in [2.75, 3.05) is 0 Å². The summed E-state index contributed by atoms with van der Waals surface area (Å²) in [5.41, 5.74) is 0. The lowest BCUT2D eigenvalue weighted by molar-refractivity contribution is 0.752. The lowest BCUT2D eigenvalue weighted by Gasteiger charge is -2.69. The van der Waals surface area contributed by atoms with Crippen LogP contribution in [0.5, 0.6) is 0 Å². The number of hydrogen-bond donors (Lipinski definition) is 0. The van der Waals surface area contributed by atoms with Gasteiger partial charge in [-0.15, -0.1) is 91.8 Å². The van der Waals surface area contributed by atoms with E-state index in [1.807, 2.05) is 0 Å². The van der Waals surface area contributed by atoms with Gasteiger partial charge in [0.25, 0.3) is 0 Å². The lowest BCUT2D eigenvalue weighted by atomic mass is 10.3. The van der Waals surface area contributed by atoms with E-state index in [2.05, 4.69) is 193 Å². The van der Waals surface area contributed by atoms with E-state index in [1.165, 1.54) is 0 Å². The zero-order valence-electron chi connectivity index (χ0n) is 22.8. The van der Waals surface area contributed by atoms with Gasteiger partial charge in [0.15, 0.2) is 14.5 Å². The van der Waals surface area contributed by atoms with Gasteiger partial charge in [-0.05, 0) is 15.1 Å². The van der Waals surface area contributed by atoms with Crippen molar-refractivity contribution < 1.29 is 0 Å². The Morgan fingerprint density at radius 3 is 0.625 bits per heavy atom. The average Bonchev–Trinajstić information content (AvgIpc) is 2.49. The van der Waals surface area contributed by atoms with Crippen LogP contribution in [0.15, 0.2) is 0 Å². The van der Waals surface area contributed by atoms with Gasteiger partial charge in [-0.1, -0.05) is 106 Å². The van der Waals surface area contributed by atoms with Crippen molar-refractivity contribution in [1.82, 2.24) is 0 Å². The van der Waals surface area contributed by atoms with Crippen molar-refractivity contribution in [3.8, 4) is 0 Å². The van der Waals surface area contributed by atoms with Gasteiger partial charge in [0.2, 0.25) is 0 Å². The molecule has 0 aromatic heterocycles. The van der Waals surface area contributed by atoms with Gasteiger partial charge in [-0.3, -0.25) is 0 Å². The van der Waals surface area contributed by atoms with E-state index < -0.39 is 37.3 Å². The fourth-order valence-electron chi connectivity index (χ4n) is 5.86. The fourth-order valence-corrected chi connectivity index (χ4v) is 134. The summed E-state index contributed by atoms with van der Waals surface area (Å²) in [6.07, 6.45) is 0. The quantitative estimate of drug-likeness (QED) is 0.184. The number of hydrogen-bond acceptors (Lipinski definition) is 0. The minimum Gasteiger partial charge on any atom is -0.114 e. The first-order valence-electron chi connectivity index (χ1n) is 11.1. The maximum atomic E-state index is 4.92. The van der Waals surface area contributed by atoms with Crippen LogP contribution in [0.25, 0.3) is 0 Å². The highest BCUT2D eigenvalue weighted by molar-refractivity contribution is 9.54. The van der Waals surface area contributed by atoms with Gasteiger partial charge in [-0.25, -0.2) is 0 Å². The van der Waals surface area contributed by atoms with Gasteiger partial charge in [0.1, 0.15) is 0 Å². The minimum absolute atomic E-state index is 0.137. The van der Waals surface area contributed by atoms with E-state index in [0.29, 0.717) is 0 Å². The normalized spacial score (nSPS) is 17.1. The third-order valence-electron chi connectivity index (χ3n) is 7.99. The summed E-state index contributed by atoms with van der Waals surface area (Å²) >= 11 is 26.9. The second-order valence-corrected chi connectivity index (χ2v) is 100.0. The van der Waals surface area contributed by atoms with Crippen molar-refractivity contribution in [3.63, 3.8) is 0 Å². The monoisotopic (exact) mass is 943 g/mol. The zero-order valence-corrected chi connectivity index (χ0v) is 39.3. The highest BCUT2D eigenvalue weighted by Crippen LogP contribution is 2.70. The molecular formula is C19H45Br6Si7. The largest absolute Gasteiger partial charge is 0.195 e. The Kier molecular flexibility index (Phi) is 11.5. The minimum atomic E-state index is -2.02. The Morgan fingerprint density at radius 2 is 0.531 bits per heavy atom. The van der Waals surface area contributed by atoms with E-state index in [1.54, 1.807) is 0 Å². The van der Waals surface area contributed by atoms with Gasteiger partial charge in [-0.2, -0.15) is 0 Å². The molecule has 0 amide bonds. The highest BCUT2D eigenvalue weighted by Gasteiger charge is 2.78. The molecule has 0 aliphatic heterocycles. The first-order valence-corrected chi connectivity index (χ1v) is 43.2. The van der Waals surface area contributed by atoms with Crippen LogP contribution in [0, 0.1) is 0 Å². The predicted octanol–water partition coefficient (Wildman–Crippen LogP) is 11.4. The van der Waals surface area contributed by atoms with E-state index in [9.17, 15) is 0 Å². The molecule has 191 valence electrons. The Hall–Kier alpha value is 4.40. The van der Waals surface area contributed by atoms with Crippen LogP contribution in [-0.2, 0) is 0 Å². The first kappa shape index (κ1) is 36.4. The maximum absolute atomic E-state index is 4.92. The van der Waals surface area contributed by atoms with E-state index in [-0.39, 0.29) is 19.0 Å². The topological polar surface area (TPSA) is 0 Å². The van der Waals surface area contributed by atoms with Crippen molar-refractivity contribution >= 4 is 139 Å². The van der Waals surface area contributed by atoms with Gasteiger partial charge in [0.05, 0.1) is 22.8 Å². The summed E-state index contributed by atoms with van der Waals surface area (Å²) in [4.78, 5) is -6.05. The molecule has 0 rings (SSSR count). The first-order chi connectivity index (χ1) is 13.2.